The third-order valence-corrected chi connectivity index (χ3v) is 4.34. The number of benzene rings is 1. The van der Waals surface area contributed by atoms with Gasteiger partial charge in [-0.05, 0) is 24.8 Å². The minimum atomic E-state index is -0.306. The zero-order valence-corrected chi connectivity index (χ0v) is 12.3. The van der Waals surface area contributed by atoms with E-state index >= 15 is 0 Å². The number of hydrogen-bond acceptors (Lipinski definition) is 3. The fourth-order valence-corrected chi connectivity index (χ4v) is 3.23. The maximum Gasteiger partial charge on any atom is 0.106 e. The molecule has 1 saturated carbocycles. The predicted molar refractivity (Wildman–Crippen MR) is 82.7 cm³/mol. The van der Waals surface area contributed by atoms with Crippen LogP contribution in [0.3, 0.4) is 0 Å². The highest BCUT2D eigenvalue weighted by atomic mass is 32.1. The monoisotopic (exact) mass is 276 g/mol. The van der Waals surface area contributed by atoms with Gasteiger partial charge >= 0.3 is 0 Å². The Morgan fingerprint density at radius 3 is 2.68 bits per heavy atom. The minimum absolute atomic E-state index is 0.306. The van der Waals surface area contributed by atoms with Gasteiger partial charge in [-0.3, -0.25) is 0 Å². The lowest BCUT2D eigenvalue weighted by atomic mass is 9.67. The Morgan fingerprint density at radius 2 is 2.05 bits per heavy atom. The van der Waals surface area contributed by atoms with Gasteiger partial charge in [-0.2, -0.15) is 0 Å². The summed E-state index contributed by atoms with van der Waals surface area (Å²) in [5, 5.41) is 7.43. The summed E-state index contributed by atoms with van der Waals surface area (Å²) in [5.41, 5.74) is 1.93. The molecule has 0 aromatic heterocycles. The molecule has 1 aromatic carbocycles. The van der Waals surface area contributed by atoms with Gasteiger partial charge in [0.25, 0.3) is 0 Å². The first-order valence-corrected chi connectivity index (χ1v) is 7.04. The summed E-state index contributed by atoms with van der Waals surface area (Å²) in [4.78, 5) is 5.88. The Morgan fingerprint density at radius 1 is 1.32 bits per heavy atom. The van der Waals surface area contributed by atoms with Gasteiger partial charge in [0, 0.05) is 7.05 Å². The fourth-order valence-electron chi connectivity index (χ4n) is 2.90. The van der Waals surface area contributed by atoms with Crippen molar-refractivity contribution in [3.05, 3.63) is 35.9 Å². The summed E-state index contributed by atoms with van der Waals surface area (Å²) in [5.74, 6) is 0. The summed E-state index contributed by atoms with van der Waals surface area (Å²) in [7, 11) is 3.48. The van der Waals surface area contributed by atoms with Crippen LogP contribution in [0.2, 0.25) is 0 Å². The van der Waals surface area contributed by atoms with Gasteiger partial charge in [0.15, 0.2) is 0 Å². The number of hydrogen-bond donors (Lipinski definition) is 1. The maximum absolute atomic E-state index is 5.61. The maximum atomic E-state index is 5.61. The van der Waals surface area contributed by atoms with Crippen molar-refractivity contribution in [2.24, 2.45) is 5.16 Å². The number of oxime groups is 1. The molecular weight excluding hydrogens is 256 g/mol. The first-order chi connectivity index (χ1) is 9.25. The van der Waals surface area contributed by atoms with E-state index < -0.39 is 0 Å². The van der Waals surface area contributed by atoms with Crippen LogP contribution in [0, 0.1) is 0 Å². The highest BCUT2D eigenvalue weighted by Crippen LogP contribution is 2.38. The largest absolute Gasteiger partial charge is 0.399 e. The normalized spacial score (nSPS) is 25.1. The van der Waals surface area contributed by atoms with Crippen molar-refractivity contribution in [3.8, 4) is 0 Å². The van der Waals surface area contributed by atoms with E-state index in [-0.39, 0.29) is 5.41 Å². The minimum Gasteiger partial charge on any atom is -0.399 e. The van der Waals surface area contributed by atoms with Crippen molar-refractivity contribution < 1.29 is 4.84 Å². The first-order valence-electron chi connectivity index (χ1n) is 6.64. The van der Waals surface area contributed by atoms with Crippen LogP contribution in [0.15, 0.2) is 35.5 Å². The van der Waals surface area contributed by atoms with Crippen LogP contribution in [-0.2, 0) is 10.3 Å². The Bertz CT molecular complexity index is 472. The topological polar surface area (TPSA) is 33.6 Å². The number of nitrogens with one attached hydrogen (secondary N) is 1. The second-order valence-corrected chi connectivity index (χ2v) is 5.19. The number of likely N-dealkylation sites (N-methyl/N-ethyl adjacent to an activating group) is 1. The number of rotatable bonds is 3. The lowest BCUT2D eigenvalue weighted by Crippen LogP contribution is -2.50. The second-order valence-electron chi connectivity index (χ2n) is 4.78. The molecule has 1 aliphatic carbocycles. The molecule has 0 aliphatic heterocycles. The SMILES string of the molecule is CNC(=S)C1(c2ccccc2)CCCC/C1=N/OC. The van der Waals surface area contributed by atoms with E-state index in [1.165, 1.54) is 5.56 Å². The second kappa shape index (κ2) is 6.15. The fraction of sp³-hybridized carbons (Fsp3) is 0.467. The Hall–Kier alpha value is -1.42. The quantitative estimate of drug-likeness (QED) is 0.680. The van der Waals surface area contributed by atoms with Crippen LogP contribution in [0.5, 0.6) is 0 Å². The van der Waals surface area contributed by atoms with Crippen molar-refractivity contribution in [3.63, 3.8) is 0 Å². The lowest BCUT2D eigenvalue weighted by molar-refractivity contribution is 0.208. The van der Waals surface area contributed by atoms with Gasteiger partial charge < -0.3 is 10.2 Å². The van der Waals surface area contributed by atoms with Crippen LogP contribution in [-0.4, -0.2) is 24.9 Å². The molecule has 19 heavy (non-hydrogen) atoms. The first kappa shape index (κ1) is 14.0. The van der Waals surface area contributed by atoms with Crippen LogP contribution in [0.4, 0.5) is 0 Å². The van der Waals surface area contributed by atoms with E-state index in [2.05, 4.69) is 22.6 Å². The Balaban J connectivity index is 2.56. The van der Waals surface area contributed by atoms with Crippen molar-refractivity contribution in [1.82, 2.24) is 5.32 Å². The van der Waals surface area contributed by atoms with Gasteiger partial charge in [0.05, 0.1) is 16.1 Å². The average molecular weight is 276 g/mol. The molecule has 1 atom stereocenters. The van der Waals surface area contributed by atoms with Gasteiger partial charge in [-0.25, -0.2) is 0 Å². The van der Waals surface area contributed by atoms with Crippen LogP contribution < -0.4 is 5.32 Å². The van der Waals surface area contributed by atoms with E-state index in [0.29, 0.717) is 0 Å². The van der Waals surface area contributed by atoms with E-state index in [1.807, 2.05) is 25.2 Å². The molecule has 4 heteroatoms. The predicted octanol–water partition coefficient (Wildman–Crippen LogP) is 3.05. The van der Waals surface area contributed by atoms with Crippen LogP contribution in [0.25, 0.3) is 0 Å². The van der Waals surface area contributed by atoms with Gasteiger partial charge in [0.1, 0.15) is 7.11 Å². The van der Waals surface area contributed by atoms with Crippen molar-refractivity contribution >= 4 is 22.9 Å². The highest BCUT2D eigenvalue weighted by Gasteiger charge is 2.43. The van der Waals surface area contributed by atoms with E-state index in [9.17, 15) is 0 Å². The molecular formula is C15H20N2OS. The molecule has 0 spiro atoms. The van der Waals surface area contributed by atoms with Crippen molar-refractivity contribution in [2.45, 2.75) is 31.1 Å². The van der Waals surface area contributed by atoms with Gasteiger partial charge in [-0.15, -0.1) is 0 Å². The third-order valence-electron chi connectivity index (χ3n) is 3.79. The number of nitrogens with zero attached hydrogens (tertiary/aromatic N) is 1. The molecule has 1 aliphatic rings. The standard InChI is InChI=1S/C15H20N2OS/c1-16-14(19)15(12-8-4-3-5-9-12)11-7-6-10-13(15)17-18-2/h3-5,8-9H,6-7,10-11H2,1-2H3,(H,16,19)/b17-13-. The average Bonchev–Trinajstić information content (AvgIpc) is 2.48. The van der Waals surface area contributed by atoms with Gasteiger partial charge in [0.2, 0.25) is 0 Å². The van der Waals surface area contributed by atoms with Gasteiger partial charge in [-0.1, -0.05) is 54.1 Å². The summed E-state index contributed by atoms with van der Waals surface area (Å²) < 4.78 is 0. The van der Waals surface area contributed by atoms with Crippen LogP contribution >= 0.6 is 12.2 Å². The summed E-state index contributed by atoms with van der Waals surface area (Å²) in [6, 6.07) is 10.4. The molecule has 0 radical (unpaired) electrons. The van der Waals surface area contributed by atoms with E-state index in [4.69, 9.17) is 17.1 Å². The van der Waals surface area contributed by atoms with Crippen molar-refractivity contribution in [1.29, 1.82) is 0 Å². The van der Waals surface area contributed by atoms with Crippen molar-refractivity contribution in [2.75, 3.05) is 14.2 Å². The molecule has 102 valence electrons. The molecule has 1 fully saturated rings. The molecule has 1 aromatic rings. The molecule has 2 rings (SSSR count). The number of thiocarbonyl (C=S) groups is 1. The van der Waals surface area contributed by atoms with E-state index in [1.54, 1.807) is 7.11 Å². The summed E-state index contributed by atoms with van der Waals surface area (Å²) in [6.07, 6.45) is 4.21. The Labute approximate surface area is 120 Å². The molecule has 0 saturated heterocycles. The Kier molecular flexibility index (Phi) is 4.53. The molecule has 1 N–H and O–H groups in total. The molecule has 0 amide bonds. The third kappa shape index (κ3) is 2.50. The highest BCUT2D eigenvalue weighted by molar-refractivity contribution is 7.80. The molecule has 0 heterocycles. The molecule has 1 unspecified atom stereocenters. The van der Waals surface area contributed by atoms with Crippen LogP contribution in [0.1, 0.15) is 31.2 Å². The lowest BCUT2D eigenvalue weighted by Gasteiger charge is -2.38. The zero-order valence-electron chi connectivity index (χ0n) is 11.5. The smallest absolute Gasteiger partial charge is 0.106 e. The van der Waals surface area contributed by atoms with E-state index in [0.717, 1.165) is 36.4 Å². The summed E-state index contributed by atoms with van der Waals surface area (Å²) >= 11 is 5.61. The zero-order chi connectivity index (χ0) is 13.7. The molecule has 0 bridgehead atoms. The summed E-state index contributed by atoms with van der Waals surface area (Å²) in [6.45, 7) is 0. The molecule has 3 nitrogen and oxygen atoms in total.